The van der Waals surface area contributed by atoms with Gasteiger partial charge in [-0.3, -0.25) is 0 Å². The summed E-state index contributed by atoms with van der Waals surface area (Å²) in [5, 5.41) is 3.82. The molecule has 1 saturated carbocycles. The maximum Gasteiger partial charge on any atom is 0.417 e. The topological polar surface area (TPSA) is 35.3 Å². The first-order valence-corrected chi connectivity index (χ1v) is 8.88. The number of halogens is 4. The Morgan fingerprint density at radius 3 is 2.57 bits per heavy atom. The molecule has 1 aliphatic carbocycles. The first-order valence-electron chi connectivity index (χ1n) is 8.88. The molecule has 146 valence electrons. The minimum atomic E-state index is -4.72. The fourth-order valence-corrected chi connectivity index (χ4v) is 3.19. The van der Waals surface area contributed by atoms with Gasteiger partial charge in [-0.25, -0.2) is 4.39 Å². The number of benzene rings is 2. The van der Waals surface area contributed by atoms with E-state index in [4.69, 9.17) is 9.26 Å². The quantitative estimate of drug-likeness (QED) is 0.481. The molecule has 2 aromatic carbocycles. The molecule has 1 heterocycles. The maximum absolute atomic E-state index is 14.5. The Morgan fingerprint density at radius 2 is 1.89 bits per heavy atom. The van der Waals surface area contributed by atoms with Crippen LogP contribution in [0.2, 0.25) is 0 Å². The molecule has 4 rings (SSSR count). The van der Waals surface area contributed by atoms with Crippen LogP contribution in [-0.4, -0.2) is 5.16 Å². The molecule has 0 spiro atoms. The third kappa shape index (κ3) is 3.61. The lowest BCUT2D eigenvalue weighted by Crippen LogP contribution is -2.10. The zero-order valence-corrected chi connectivity index (χ0v) is 15.0. The van der Waals surface area contributed by atoms with Gasteiger partial charge in [-0.1, -0.05) is 23.4 Å². The summed E-state index contributed by atoms with van der Waals surface area (Å²) in [6, 6.07) is 10.2. The van der Waals surface area contributed by atoms with Crippen molar-refractivity contribution < 1.29 is 26.8 Å². The van der Waals surface area contributed by atoms with Crippen LogP contribution in [0.15, 0.2) is 47.0 Å². The molecule has 1 fully saturated rings. The van der Waals surface area contributed by atoms with Crippen molar-refractivity contribution in [1.82, 2.24) is 5.16 Å². The second-order valence-electron chi connectivity index (χ2n) is 6.91. The Kier molecular flexibility index (Phi) is 4.61. The molecule has 0 radical (unpaired) electrons. The predicted molar refractivity (Wildman–Crippen MR) is 94.4 cm³/mol. The van der Waals surface area contributed by atoms with E-state index in [1.165, 1.54) is 0 Å². The molecule has 0 bridgehead atoms. The van der Waals surface area contributed by atoms with Crippen LogP contribution in [0.5, 0.6) is 5.75 Å². The summed E-state index contributed by atoms with van der Waals surface area (Å²) in [4.78, 5) is 0. The molecule has 7 heteroatoms. The zero-order valence-electron chi connectivity index (χ0n) is 15.0. The van der Waals surface area contributed by atoms with Crippen LogP contribution in [0.1, 0.15) is 41.2 Å². The Morgan fingerprint density at radius 1 is 1.14 bits per heavy atom. The molecule has 0 amide bonds. The van der Waals surface area contributed by atoms with Crippen LogP contribution in [0.4, 0.5) is 17.6 Å². The molecule has 1 aliphatic rings. The smallest absolute Gasteiger partial charge is 0.417 e. The van der Waals surface area contributed by atoms with Gasteiger partial charge in [0.05, 0.1) is 16.7 Å². The van der Waals surface area contributed by atoms with E-state index in [0.29, 0.717) is 17.1 Å². The van der Waals surface area contributed by atoms with Crippen molar-refractivity contribution in [2.24, 2.45) is 0 Å². The number of aromatic nitrogens is 1. The molecular formula is C21H17F4NO2. The van der Waals surface area contributed by atoms with Crippen molar-refractivity contribution >= 4 is 0 Å². The van der Waals surface area contributed by atoms with Crippen LogP contribution in [0.25, 0.3) is 11.3 Å². The normalized spacial score (nSPS) is 14.3. The number of alkyl halides is 3. The summed E-state index contributed by atoms with van der Waals surface area (Å²) in [5.74, 6) is 0.123. The second kappa shape index (κ2) is 6.96. The van der Waals surface area contributed by atoms with E-state index in [1.807, 2.05) is 25.1 Å². The number of nitrogens with zero attached hydrogens (tertiary/aromatic N) is 1. The summed E-state index contributed by atoms with van der Waals surface area (Å²) in [7, 11) is 0. The van der Waals surface area contributed by atoms with E-state index in [2.05, 4.69) is 5.16 Å². The average Bonchev–Trinajstić information content (AvgIpc) is 3.39. The van der Waals surface area contributed by atoms with Gasteiger partial charge in [-0.15, -0.1) is 0 Å². The Bertz CT molecular complexity index is 1010. The summed E-state index contributed by atoms with van der Waals surface area (Å²) in [6.07, 6.45) is -3.00. The minimum Gasteiger partial charge on any atom is -0.489 e. The van der Waals surface area contributed by atoms with Gasteiger partial charge < -0.3 is 9.26 Å². The van der Waals surface area contributed by atoms with E-state index in [-0.39, 0.29) is 18.2 Å². The number of ether oxygens (including phenoxy) is 1. The zero-order chi connectivity index (χ0) is 19.9. The van der Waals surface area contributed by atoms with Gasteiger partial charge >= 0.3 is 6.18 Å². The van der Waals surface area contributed by atoms with Crippen LogP contribution >= 0.6 is 0 Å². The van der Waals surface area contributed by atoms with Gasteiger partial charge in [-0.05, 0) is 49.6 Å². The molecule has 0 atom stereocenters. The lowest BCUT2D eigenvalue weighted by atomic mass is 9.99. The third-order valence-electron chi connectivity index (χ3n) is 4.70. The fourth-order valence-electron chi connectivity index (χ4n) is 3.19. The summed E-state index contributed by atoms with van der Waals surface area (Å²) in [6.45, 7) is 1.85. The van der Waals surface area contributed by atoms with E-state index < -0.39 is 23.1 Å². The van der Waals surface area contributed by atoms with Crippen molar-refractivity contribution in [3.05, 3.63) is 70.7 Å². The number of rotatable bonds is 5. The van der Waals surface area contributed by atoms with Crippen LogP contribution in [0, 0.1) is 12.7 Å². The molecule has 3 aromatic rings. The first-order chi connectivity index (χ1) is 13.3. The molecular weight excluding hydrogens is 374 g/mol. The van der Waals surface area contributed by atoms with Gasteiger partial charge in [0.2, 0.25) is 0 Å². The first kappa shape index (κ1) is 18.5. The van der Waals surface area contributed by atoms with E-state index in [0.717, 1.165) is 36.6 Å². The van der Waals surface area contributed by atoms with Crippen molar-refractivity contribution in [3.63, 3.8) is 0 Å². The Hall–Kier alpha value is -2.83. The standard InChI is InChI=1S/C21H17F4NO2/c1-12-4-2-5-14(10-12)27-11-15-19(26-28-20(15)13-8-9-13)18-16(21(23,24)25)6-3-7-17(18)22/h2-7,10,13H,8-9,11H2,1H3. The molecule has 1 aromatic heterocycles. The molecule has 0 N–H and O–H groups in total. The molecule has 0 unspecified atom stereocenters. The maximum atomic E-state index is 14.5. The Labute approximate surface area is 158 Å². The van der Waals surface area contributed by atoms with Crippen molar-refractivity contribution in [2.75, 3.05) is 0 Å². The SMILES string of the molecule is Cc1cccc(OCc2c(-c3c(F)cccc3C(F)(F)F)noc2C2CC2)c1. The minimum absolute atomic E-state index is 0.0558. The summed E-state index contributed by atoms with van der Waals surface area (Å²) in [5.41, 5.74) is -0.494. The highest BCUT2D eigenvalue weighted by atomic mass is 19.4. The van der Waals surface area contributed by atoms with Crippen LogP contribution in [-0.2, 0) is 12.8 Å². The monoisotopic (exact) mass is 391 g/mol. The predicted octanol–water partition coefficient (Wildman–Crippen LogP) is 6.26. The average molecular weight is 391 g/mol. The van der Waals surface area contributed by atoms with Gasteiger partial charge in [0, 0.05) is 5.92 Å². The van der Waals surface area contributed by atoms with Gasteiger partial charge in [-0.2, -0.15) is 13.2 Å². The van der Waals surface area contributed by atoms with Gasteiger partial charge in [0.15, 0.2) is 0 Å². The molecule has 3 nitrogen and oxygen atoms in total. The van der Waals surface area contributed by atoms with Crippen molar-refractivity contribution in [2.45, 2.75) is 38.5 Å². The lowest BCUT2D eigenvalue weighted by Gasteiger charge is -2.13. The number of hydrogen-bond acceptors (Lipinski definition) is 3. The largest absolute Gasteiger partial charge is 0.489 e. The molecule has 28 heavy (non-hydrogen) atoms. The van der Waals surface area contributed by atoms with Gasteiger partial charge in [0.1, 0.15) is 29.6 Å². The highest BCUT2D eigenvalue weighted by Gasteiger charge is 2.39. The summed E-state index contributed by atoms with van der Waals surface area (Å²) >= 11 is 0. The van der Waals surface area contributed by atoms with Gasteiger partial charge in [0.25, 0.3) is 0 Å². The lowest BCUT2D eigenvalue weighted by molar-refractivity contribution is -0.137. The van der Waals surface area contributed by atoms with E-state index in [1.54, 1.807) is 6.07 Å². The van der Waals surface area contributed by atoms with Crippen molar-refractivity contribution in [1.29, 1.82) is 0 Å². The van der Waals surface area contributed by atoms with Crippen molar-refractivity contribution in [3.8, 4) is 17.0 Å². The number of aryl methyl sites for hydroxylation is 1. The van der Waals surface area contributed by atoms with Crippen LogP contribution < -0.4 is 4.74 Å². The third-order valence-corrected chi connectivity index (χ3v) is 4.70. The fraction of sp³-hybridized carbons (Fsp3) is 0.286. The van der Waals surface area contributed by atoms with E-state index in [9.17, 15) is 17.6 Å². The molecule has 0 saturated heterocycles. The highest BCUT2D eigenvalue weighted by Crippen LogP contribution is 2.46. The van der Waals surface area contributed by atoms with E-state index >= 15 is 0 Å². The Balaban J connectivity index is 1.77. The number of hydrogen-bond donors (Lipinski definition) is 0. The second-order valence-corrected chi connectivity index (χ2v) is 6.91. The highest BCUT2D eigenvalue weighted by molar-refractivity contribution is 5.69. The molecule has 0 aliphatic heterocycles. The van der Waals surface area contributed by atoms with Crippen LogP contribution in [0.3, 0.4) is 0 Å². The summed E-state index contributed by atoms with van der Waals surface area (Å²) < 4.78 is 66.0.